The van der Waals surface area contributed by atoms with Gasteiger partial charge in [0.1, 0.15) is 0 Å². The Bertz CT molecular complexity index is 978. The maximum Gasteiger partial charge on any atom is 0.244 e. The van der Waals surface area contributed by atoms with Gasteiger partial charge in [0.15, 0.2) is 0 Å². The molecule has 1 amide bonds. The standard InChI is InChI=1S/C21H24N6O2/c1-25-13-21(14-26(15-21)18(28)8-11-27-10-5-9-22-27)12-17(25)20-23-19(24-29-20)16-6-3-2-4-7-16/h2-7,9-10,17H,8,11-15H2,1H3. The molecule has 0 N–H and O–H groups in total. The molecule has 29 heavy (non-hydrogen) atoms. The summed E-state index contributed by atoms with van der Waals surface area (Å²) in [7, 11) is 2.09. The molecule has 1 spiro atoms. The molecule has 1 unspecified atom stereocenters. The van der Waals surface area contributed by atoms with Crippen molar-refractivity contribution in [3.05, 3.63) is 54.7 Å². The molecule has 1 aromatic carbocycles. The van der Waals surface area contributed by atoms with Gasteiger partial charge in [0.05, 0.1) is 6.04 Å². The van der Waals surface area contributed by atoms with Crippen LogP contribution in [0.4, 0.5) is 0 Å². The first-order valence-corrected chi connectivity index (χ1v) is 9.96. The summed E-state index contributed by atoms with van der Waals surface area (Å²) >= 11 is 0. The Morgan fingerprint density at radius 3 is 2.79 bits per heavy atom. The first-order chi connectivity index (χ1) is 14.1. The highest BCUT2D eigenvalue weighted by Gasteiger charge is 2.53. The smallest absolute Gasteiger partial charge is 0.244 e. The molecule has 8 nitrogen and oxygen atoms in total. The van der Waals surface area contributed by atoms with E-state index in [-0.39, 0.29) is 17.4 Å². The van der Waals surface area contributed by atoms with Gasteiger partial charge < -0.3 is 9.42 Å². The van der Waals surface area contributed by atoms with Crippen molar-refractivity contribution in [3.63, 3.8) is 0 Å². The number of nitrogens with zero attached hydrogens (tertiary/aromatic N) is 6. The SMILES string of the molecule is CN1CC2(CC1c1nc(-c3ccccc3)no1)CN(C(=O)CCn1cccn1)C2. The van der Waals surface area contributed by atoms with E-state index in [1.54, 1.807) is 10.9 Å². The highest BCUT2D eigenvalue weighted by molar-refractivity contribution is 5.77. The molecule has 0 radical (unpaired) electrons. The molecule has 150 valence electrons. The summed E-state index contributed by atoms with van der Waals surface area (Å²) in [6.07, 6.45) is 5.04. The van der Waals surface area contributed by atoms with Crippen LogP contribution in [0.1, 0.15) is 24.8 Å². The van der Waals surface area contributed by atoms with Crippen LogP contribution >= 0.6 is 0 Å². The van der Waals surface area contributed by atoms with E-state index < -0.39 is 0 Å². The summed E-state index contributed by atoms with van der Waals surface area (Å²) in [4.78, 5) is 21.4. The van der Waals surface area contributed by atoms with E-state index >= 15 is 0 Å². The van der Waals surface area contributed by atoms with Crippen LogP contribution in [-0.2, 0) is 11.3 Å². The number of hydrogen-bond donors (Lipinski definition) is 0. The third-order valence-corrected chi connectivity index (χ3v) is 6.02. The zero-order valence-electron chi connectivity index (χ0n) is 16.4. The summed E-state index contributed by atoms with van der Waals surface area (Å²) in [6.45, 7) is 3.16. The number of benzene rings is 1. The van der Waals surface area contributed by atoms with Crippen molar-refractivity contribution < 1.29 is 9.32 Å². The first-order valence-electron chi connectivity index (χ1n) is 9.96. The molecule has 8 heteroatoms. The molecule has 3 aromatic rings. The van der Waals surface area contributed by atoms with Crippen molar-refractivity contribution in [2.75, 3.05) is 26.7 Å². The maximum atomic E-state index is 12.5. The average molecular weight is 392 g/mol. The van der Waals surface area contributed by atoms with E-state index in [2.05, 4.69) is 27.2 Å². The van der Waals surface area contributed by atoms with Crippen LogP contribution in [0, 0.1) is 5.41 Å². The molecule has 2 aliphatic rings. The van der Waals surface area contributed by atoms with Crippen LogP contribution in [0.5, 0.6) is 0 Å². The molecule has 2 fully saturated rings. The summed E-state index contributed by atoms with van der Waals surface area (Å²) in [5.41, 5.74) is 1.08. The number of amides is 1. The average Bonchev–Trinajstić information content (AvgIpc) is 3.45. The first kappa shape index (κ1) is 18.1. The van der Waals surface area contributed by atoms with Crippen molar-refractivity contribution in [2.24, 2.45) is 5.41 Å². The number of hydrogen-bond acceptors (Lipinski definition) is 6. The Hall–Kier alpha value is -3.00. The van der Waals surface area contributed by atoms with E-state index in [1.165, 1.54) is 0 Å². The van der Waals surface area contributed by atoms with Gasteiger partial charge in [0.25, 0.3) is 0 Å². The molecule has 5 rings (SSSR count). The van der Waals surface area contributed by atoms with Gasteiger partial charge in [-0.15, -0.1) is 0 Å². The number of carbonyl (C=O) groups is 1. The summed E-state index contributed by atoms with van der Waals surface area (Å²) < 4.78 is 7.39. The van der Waals surface area contributed by atoms with Crippen molar-refractivity contribution in [3.8, 4) is 11.4 Å². The lowest BCUT2D eigenvalue weighted by Gasteiger charge is -2.48. The lowest BCUT2D eigenvalue weighted by molar-refractivity contribution is -0.143. The third kappa shape index (κ3) is 3.44. The van der Waals surface area contributed by atoms with E-state index in [9.17, 15) is 4.79 Å². The fraction of sp³-hybridized carbons (Fsp3) is 0.429. The van der Waals surface area contributed by atoms with Gasteiger partial charge in [0.2, 0.25) is 17.6 Å². The van der Waals surface area contributed by atoms with Gasteiger partial charge >= 0.3 is 0 Å². The second kappa shape index (κ2) is 7.11. The molecule has 2 aliphatic heterocycles. The lowest BCUT2D eigenvalue weighted by atomic mass is 9.77. The molecule has 2 aromatic heterocycles. The largest absolute Gasteiger partial charge is 0.341 e. The normalized spacial score (nSPS) is 20.9. The van der Waals surface area contributed by atoms with Gasteiger partial charge in [-0.3, -0.25) is 14.4 Å². The van der Waals surface area contributed by atoms with E-state index in [0.29, 0.717) is 24.7 Å². The van der Waals surface area contributed by atoms with Crippen molar-refractivity contribution >= 4 is 5.91 Å². The van der Waals surface area contributed by atoms with Crippen LogP contribution in [-0.4, -0.2) is 62.3 Å². The van der Waals surface area contributed by atoms with Crippen LogP contribution < -0.4 is 0 Å². The zero-order valence-corrected chi connectivity index (χ0v) is 16.4. The van der Waals surface area contributed by atoms with Crippen LogP contribution in [0.2, 0.25) is 0 Å². The van der Waals surface area contributed by atoms with E-state index in [4.69, 9.17) is 4.52 Å². The number of aromatic nitrogens is 4. The molecule has 0 bridgehead atoms. The highest BCUT2D eigenvalue weighted by Crippen LogP contribution is 2.47. The van der Waals surface area contributed by atoms with Gasteiger partial charge in [-0.2, -0.15) is 10.1 Å². The fourth-order valence-electron chi connectivity index (χ4n) is 4.59. The van der Waals surface area contributed by atoms with Crippen molar-refractivity contribution in [2.45, 2.75) is 25.4 Å². The quantitative estimate of drug-likeness (QED) is 0.662. The number of rotatable bonds is 5. The maximum absolute atomic E-state index is 12.5. The summed E-state index contributed by atoms with van der Waals surface area (Å²) in [6, 6.07) is 11.8. The molecule has 1 atom stereocenters. The minimum Gasteiger partial charge on any atom is -0.341 e. The number of carbonyl (C=O) groups excluding carboxylic acids is 1. The lowest BCUT2D eigenvalue weighted by Crippen LogP contribution is -2.59. The molecule has 0 aliphatic carbocycles. The molecule has 0 saturated carbocycles. The topological polar surface area (TPSA) is 80.3 Å². The van der Waals surface area contributed by atoms with Crippen LogP contribution in [0.3, 0.4) is 0 Å². The Morgan fingerprint density at radius 2 is 2.03 bits per heavy atom. The molecular formula is C21H24N6O2. The molecule has 4 heterocycles. The summed E-state index contributed by atoms with van der Waals surface area (Å²) in [5, 5.41) is 8.32. The van der Waals surface area contributed by atoms with Crippen molar-refractivity contribution in [1.82, 2.24) is 29.7 Å². The minimum atomic E-state index is 0.0984. The van der Waals surface area contributed by atoms with Gasteiger partial charge in [-0.25, -0.2) is 0 Å². The predicted octanol–water partition coefficient (Wildman–Crippen LogP) is 2.23. The Balaban J connectivity index is 1.20. The van der Waals surface area contributed by atoms with Crippen LogP contribution in [0.15, 0.2) is 53.3 Å². The Labute approximate surface area is 169 Å². The van der Waals surface area contributed by atoms with Gasteiger partial charge in [-0.1, -0.05) is 35.5 Å². The van der Waals surface area contributed by atoms with Gasteiger partial charge in [-0.05, 0) is 19.5 Å². The molecule has 2 saturated heterocycles. The summed E-state index contributed by atoms with van der Waals surface area (Å²) in [5.74, 6) is 1.48. The number of aryl methyl sites for hydroxylation is 1. The van der Waals surface area contributed by atoms with Gasteiger partial charge in [0, 0.05) is 56.0 Å². The van der Waals surface area contributed by atoms with Crippen molar-refractivity contribution in [1.29, 1.82) is 0 Å². The predicted molar refractivity (Wildman–Crippen MR) is 106 cm³/mol. The van der Waals surface area contributed by atoms with Crippen LogP contribution in [0.25, 0.3) is 11.4 Å². The monoisotopic (exact) mass is 392 g/mol. The fourth-order valence-corrected chi connectivity index (χ4v) is 4.59. The zero-order chi connectivity index (χ0) is 19.8. The second-order valence-electron chi connectivity index (χ2n) is 8.23. The highest BCUT2D eigenvalue weighted by atomic mass is 16.5. The molecular weight excluding hydrogens is 368 g/mol. The third-order valence-electron chi connectivity index (χ3n) is 6.02. The Kier molecular flexibility index (Phi) is 4.43. The minimum absolute atomic E-state index is 0.0984. The van der Waals surface area contributed by atoms with E-state index in [1.807, 2.05) is 47.5 Å². The second-order valence-corrected chi connectivity index (χ2v) is 8.23. The number of likely N-dealkylation sites (tertiary alicyclic amines) is 2. The van der Waals surface area contributed by atoms with E-state index in [0.717, 1.165) is 31.6 Å². The Morgan fingerprint density at radius 1 is 1.21 bits per heavy atom.